The Hall–Kier alpha value is -2.61. The Morgan fingerprint density at radius 1 is 1.17 bits per heavy atom. The van der Waals surface area contributed by atoms with Gasteiger partial charge in [0.15, 0.2) is 16.4 Å². The van der Waals surface area contributed by atoms with Crippen molar-refractivity contribution >= 4 is 21.6 Å². The molecule has 7 nitrogen and oxygen atoms in total. The fourth-order valence-corrected chi connectivity index (χ4v) is 5.53. The Morgan fingerprint density at radius 3 is 2.40 bits per heavy atom. The maximum absolute atomic E-state index is 12.7. The van der Waals surface area contributed by atoms with Crippen LogP contribution in [0.5, 0.6) is 5.75 Å². The largest absolute Gasteiger partial charge is 0.491 e. The Kier molecular flexibility index (Phi) is 6.36. The molecule has 1 aromatic carbocycles. The highest BCUT2D eigenvalue weighted by molar-refractivity contribution is 7.91. The van der Waals surface area contributed by atoms with Gasteiger partial charge in [0.25, 0.3) is 0 Å². The maximum Gasteiger partial charge on any atom is 0.338 e. The highest BCUT2D eigenvalue weighted by atomic mass is 32.2. The maximum atomic E-state index is 12.7. The van der Waals surface area contributed by atoms with Crippen molar-refractivity contribution in [1.82, 2.24) is 4.57 Å². The van der Waals surface area contributed by atoms with Crippen molar-refractivity contribution in [2.45, 2.75) is 46.3 Å². The summed E-state index contributed by atoms with van der Waals surface area (Å²) in [6.45, 7) is 7.09. The minimum absolute atomic E-state index is 0.0313. The topological polar surface area (TPSA) is 91.7 Å². The Balaban J connectivity index is 1.65. The van der Waals surface area contributed by atoms with Crippen LogP contribution in [0.25, 0.3) is 0 Å². The molecule has 1 atom stereocenters. The van der Waals surface area contributed by atoms with E-state index in [4.69, 9.17) is 9.47 Å². The highest BCUT2D eigenvalue weighted by Crippen LogP contribution is 2.29. The molecule has 3 rings (SSSR count). The molecular formula is C22H27NO6S. The molecular weight excluding hydrogens is 406 g/mol. The van der Waals surface area contributed by atoms with Crippen LogP contribution in [0.4, 0.5) is 0 Å². The summed E-state index contributed by atoms with van der Waals surface area (Å²) in [7, 11) is -3.03. The molecule has 0 bridgehead atoms. The number of aromatic nitrogens is 1. The molecule has 0 amide bonds. The van der Waals surface area contributed by atoms with Gasteiger partial charge in [0, 0.05) is 23.0 Å². The third-order valence-electron chi connectivity index (χ3n) is 5.15. The van der Waals surface area contributed by atoms with E-state index in [1.165, 1.54) is 0 Å². The van der Waals surface area contributed by atoms with Gasteiger partial charge in [-0.2, -0.15) is 0 Å². The molecule has 8 heteroatoms. The predicted molar refractivity (Wildman–Crippen MR) is 113 cm³/mol. The van der Waals surface area contributed by atoms with Gasteiger partial charge in [-0.3, -0.25) is 4.79 Å². The summed E-state index contributed by atoms with van der Waals surface area (Å²) in [6.07, 6.45) is 0.571. The lowest BCUT2D eigenvalue weighted by Crippen LogP contribution is -2.17. The van der Waals surface area contributed by atoms with Gasteiger partial charge >= 0.3 is 5.97 Å². The Bertz CT molecular complexity index is 1050. The minimum atomic E-state index is -3.03. The number of nitrogens with zero attached hydrogens (tertiary/aromatic N) is 1. The van der Waals surface area contributed by atoms with Crippen molar-refractivity contribution in [1.29, 1.82) is 0 Å². The number of sulfone groups is 1. The monoisotopic (exact) mass is 433 g/mol. The van der Waals surface area contributed by atoms with E-state index in [1.54, 1.807) is 37.3 Å². The normalized spacial score (nSPS) is 17.8. The summed E-state index contributed by atoms with van der Waals surface area (Å²) < 4.78 is 36.3. The van der Waals surface area contributed by atoms with Crippen LogP contribution in [0.2, 0.25) is 0 Å². The van der Waals surface area contributed by atoms with E-state index in [1.807, 2.05) is 25.3 Å². The number of aryl methyl sites for hydroxylation is 1. The number of ether oxygens (including phenoxy) is 2. The van der Waals surface area contributed by atoms with Crippen LogP contribution in [0.1, 0.15) is 58.4 Å². The molecule has 2 aromatic rings. The summed E-state index contributed by atoms with van der Waals surface area (Å²) in [5.74, 6) is -0.00324. The molecule has 1 aliphatic rings. The molecule has 1 aliphatic heterocycles. The second kappa shape index (κ2) is 8.63. The van der Waals surface area contributed by atoms with E-state index in [9.17, 15) is 18.0 Å². The van der Waals surface area contributed by atoms with E-state index in [2.05, 4.69) is 0 Å². The third-order valence-corrected chi connectivity index (χ3v) is 6.90. The molecule has 0 radical (unpaired) electrons. The number of hydrogen-bond donors (Lipinski definition) is 0. The van der Waals surface area contributed by atoms with Crippen LogP contribution < -0.4 is 4.74 Å². The molecule has 30 heavy (non-hydrogen) atoms. The second-order valence-electron chi connectivity index (χ2n) is 7.90. The van der Waals surface area contributed by atoms with Gasteiger partial charge < -0.3 is 14.0 Å². The molecule has 2 heterocycles. The summed E-state index contributed by atoms with van der Waals surface area (Å²) in [5, 5.41) is 0. The van der Waals surface area contributed by atoms with Gasteiger partial charge in [0.05, 0.1) is 23.2 Å². The number of rotatable bonds is 7. The standard InChI is InChI=1S/C22H27NO6S/c1-14(2)29-19-7-5-17(6-8-19)22(25)28-12-21(24)20-11-15(3)23(16(20)4)18-9-10-30(26,27)13-18/h5-8,11,14,18H,9-10,12-13H2,1-4H3. The molecule has 1 aromatic heterocycles. The van der Waals surface area contributed by atoms with E-state index in [0.717, 1.165) is 5.69 Å². The van der Waals surface area contributed by atoms with Crippen LogP contribution in [0.15, 0.2) is 30.3 Å². The Labute approximate surface area is 176 Å². The molecule has 0 N–H and O–H groups in total. The molecule has 1 saturated heterocycles. The second-order valence-corrected chi connectivity index (χ2v) is 10.1. The van der Waals surface area contributed by atoms with Crippen molar-refractivity contribution in [2.75, 3.05) is 18.1 Å². The van der Waals surface area contributed by atoms with Crippen molar-refractivity contribution in [3.63, 3.8) is 0 Å². The van der Waals surface area contributed by atoms with E-state index in [-0.39, 0.29) is 36.0 Å². The SMILES string of the molecule is Cc1cc(C(=O)COC(=O)c2ccc(OC(C)C)cc2)c(C)n1C1CCS(=O)(=O)C1. The smallest absolute Gasteiger partial charge is 0.338 e. The fraction of sp³-hybridized carbons (Fsp3) is 0.455. The zero-order chi connectivity index (χ0) is 22.1. The van der Waals surface area contributed by atoms with E-state index >= 15 is 0 Å². The highest BCUT2D eigenvalue weighted by Gasteiger charge is 2.31. The first-order valence-electron chi connectivity index (χ1n) is 9.93. The molecule has 0 aliphatic carbocycles. The molecule has 1 unspecified atom stereocenters. The summed E-state index contributed by atoms with van der Waals surface area (Å²) in [6, 6.07) is 8.12. The first-order valence-corrected chi connectivity index (χ1v) is 11.8. The molecule has 0 spiro atoms. The van der Waals surface area contributed by atoms with Crippen LogP contribution in [0, 0.1) is 13.8 Å². The van der Waals surface area contributed by atoms with Crippen LogP contribution >= 0.6 is 0 Å². The average molecular weight is 434 g/mol. The number of carbonyl (C=O) groups excluding carboxylic acids is 2. The predicted octanol–water partition coefficient (Wildman–Crippen LogP) is 3.29. The zero-order valence-corrected chi connectivity index (χ0v) is 18.5. The summed E-state index contributed by atoms with van der Waals surface area (Å²) in [4.78, 5) is 24.9. The number of Topliss-reactive ketones (excluding diaryl/α,β-unsaturated/α-hetero) is 1. The zero-order valence-electron chi connectivity index (χ0n) is 17.7. The summed E-state index contributed by atoms with van der Waals surface area (Å²) in [5.41, 5.74) is 2.31. The minimum Gasteiger partial charge on any atom is -0.491 e. The molecule has 162 valence electrons. The lowest BCUT2D eigenvalue weighted by atomic mass is 10.1. The lowest BCUT2D eigenvalue weighted by molar-refractivity contribution is 0.0474. The number of ketones is 1. The van der Waals surface area contributed by atoms with Gasteiger partial charge in [-0.15, -0.1) is 0 Å². The first kappa shape index (κ1) is 22.1. The van der Waals surface area contributed by atoms with E-state index in [0.29, 0.717) is 29.0 Å². The fourth-order valence-electron chi connectivity index (χ4n) is 3.83. The van der Waals surface area contributed by atoms with Crippen LogP contribution in [-0.2, 0) is 14.6 Å². The molecule has 0 saturated carbocycles. The van der Waals surface area contributed by atoms with E-state index < -0.39 is 15.8 Å². The van der Waals surface area contributed by atoms with Gasteiger partial charge in [-0.05, 0) is 64.4 Å². The van der Waals surface area contributed by atoms with Crippen molar-refractivity contribution < 1.29 is 27.5 Å². The lowest BCUT2D eigenvalue weighted by Gasteiger charge is -2.16. The number of esters is 1. The number of carbonyl (C=O) groups is 2. The third kappa shape index (κ3) is 4.92. The average Bonchev–Trinajstić information content (AvgIpc) is 3.17. The van der Waals surface area contributed by atoms with Gasteiger partial charge in [-0.1, -0.05) is 0 Å². The van der Waals surface area contributed by atoms with Gasteiger partial charge in [-0.25, -0.2) is 13.2 Å². The number of hydrogen-bond acceptors (Lipinski definition) is 6. The molecule has 1 fully saturated rings. The Morgan fingerprint density at radius 2 is 1.83 bits per heavy atom. The van der Waals surface area contributed by atoms with Crippen LogP contribution in [-0.4, -0.2) is 49.0 Å². The van der Waals surface area contributed by atoms with Crippen LogP contribution in [0.3, 0.4) is 0 Å². The van der Waals surface area contributed by atoms with Crippen molar-refractivity contribution in [3.05, 3.63) is 52.8 Å². The van der Waals surface area contributed by atoms with Gasteiger partial charge in [0.2, 0.25) is 5.78 Å². The van der Waals surface area contributed by atoms with Crippen molar-refractivity contribution in [3.8, 4) is 5.75 Å². The van der Waals surface area contributed by atoms with Gasteiger partial charge in [0.1, 0.15) is 5.75 Å². The summed E-state index contributed by atoms with van der Waals surface area (Å²) >= 11 is 0. The first-order chi connectivity index (χ1) is 14.1. The number of benzene rings is 1. The van der Waals surface area contributed by atoms with Crippen molar-refractivity contribution in [2.24, 2.45) is 0 Å². The quantitative estimate of drug-likeness (QED) is 0.491.